The lowest BCUT2D eigenvalue weighted by molar-refractivity contribution is 0.281. The van der Waals surface area contributed by atoms with Gasteiger partial charge < -0.3 is 15.2 Å². The highest BCUT2D eigenvalue weighted by Gasteiger charge is 2.19. The summed E-state index contributed by atoms with van der Waals surface area (Å²) in [6.07, 6.45) is 3.71. The van der Waals surface area contributed by atoms with Crippen molar-refractivity contribution in [2.45, 2.75) is 31.9 Å². The van der Waals surface area contributed by atoms with E-state index < -0.39 is 0 Å². The molecule has 88 valence electrons. The van der Waals surface area contributed by atoms with Crippen LogP contribution in [0.3, 0.4) is 0 Å². The van der Waals surface area contributed by atoms with Crippen LogP contribution < -0.4 is 10.1 Å². The van der Waals surface area contributed by atoms with Crippen molar-refractivity contribution in [3.63, 3.8) is 0 Å². The second-order valence-corrected chi connectivity index (χ2v) is 4.23. The molecule has 3 heteroatoms. The van der Waals surface area contributed by atoms with Crippen LogP contribution in [0, 0.1) is 0 Å². The van der Waals surface area contributed by atoms with E-state index in [0.29, 0.717) is 0 Å². The summed E-state index contributed by atoms with van der Waals surface area (Å²) in [5.74, 6) is 0.878. The summed E-state index contributed by atoms with van der Waals surface area (Å²) >= 11 is 0. The minimum absolute atomic E-state index is 0.0889. The van der Waals surface area contributed by atoms with Crippen LogP contribution in [-0.2, 0) is 6.61 Å². The van der Waals surface area contributed by atoms with E-state index in [0.717, 1.165) is 36.9 Å². The topological polar surface area (TPSA) is 41.5 Å². The van der Waals surface area contributed by atoms with E-state index in [1.807, 2.05) is 24.3 Å². The molecule has 0 unspecified atom stereocenters. The largest absolute Gasteiger partial charge is 0.494 e. The van der Waals surface area contributed by atoms with E-state index >= 15 is 0 Å². The Morgan fingerprint density at radius 2 is 2.00 bits per heavy atom. The minimum Gasteiger partial charge on any atom is -0.494 e. The van der Waals surface area contributed by atoms with E-state index in [1.165, 1.54) is 12.8 Å². The number of rotatable bonds is 7. The SMILES string of the molecule is OCc1ccc(OCCCNC2CC2)cc1. The average Bonchev–Trinajstić information content (AvgIpc) is 3.13. The van der Waals surface area contributed by atoms with Crippen molar-refractivity contribution < 1.29 is 9.84 Å². The quantitative estimate of drug-likeness (QED) is 0.689. The van der Waals surface area contributed by atoms with E-state index in [4.69, 9.17) is 9.84 Å². The number of aliphatic hydroxyl groups excluding tert-OH is 1. The van der Waals surface area contributed by atoms with E-state index in [9.17, 15) is 0 Å². The lowest BCUT2D eigenvalue weighted by Crippen LogP contribution is -2.19. The second-order valence-electron chi connectivity index (χ2n) is 4.23. The fourth-order valence-corrected chi connectivity index (χ4v) is 1.55. The molecule has 1 aliphatic carbocycles. The summed E-state index contributed by atoms with van der Waals surface area (Å²) in [6, 6.07) is 8.36. The summed E-state index contributed by atoms with van der Waals surface area (Å²) in [4.78, 5) is 0. The van der Waals surface area contributed by atoms with Gasteiger partial charge in [-0.05, 0) is 43.5 Å². The first-order valence-corrected chi connectivity index (χ1v) is 5.94. The van der Waals surface area contributed by atoms with E-state index in [2.05, 4.69) is 5.32 Å². The molecule has 1 fully saturated rings. The van der Waals surface area contributed by atoms with Gasteiger partial charge in [0, 0.05) is 6.04 Å². The highest BCUT2D eigenvalue weighted by molar-refractivity contribution is 5.26. The van der Waals surface area contributed by atoms with Gasteiger partial charge in [-0.25, -0.2) is 0 Å². The Kier molecular flexibility index (Phi) is 4.19. The fraction of sp³-hybridized carbons (Fsp3) is 0.538. The molecule has 0 bridgehead atoms. The van der Waals surface area contributed by atoms with Crippen LogP contribution in [0.1, 0.15) is 24.8 Å². The molecule has 0 atom stereocenters. The molecule has 1 aliphatic rings. The zero-order valence-electron chi connectivity index (χ0n) is 9.48. The van der Waals surface area contributed by atoms with Gasteiger partial charge in [-0.15, -0.1) is 0 Å². The first kappa shape index (κ1) is 11.4. The Hall–Kier alpha value is -1.06. The third kappa shape index (κ3) is 3.83. The van der Waals surface area contributed by atoms with Crippen molar-refractivity contribution >= 4 is 0 Å². The normalized spacial score (nSPS) is 15.1. The number of hydrogen-bond acceptors (Lipinski definition) is 3. The highest BCUT2D eigenvalue weighted by Crippen LogP contribution is 2.18. The maximum absolute atomic E-state index is 8.88. The van der Waals surface area contributed by atoms with Crippen LogP contribution in [0.2, 0.25) is 0 Å². The van der Waals surface area contributed by atoms with Crippen molar-refractivity contribution in [3.8, 4) is 5.75 Å². The molecular weight excluding hydrogens is 202 g/mol. The lowest BCUT2D eigenvalue weighted by atomic mass is 10.2. The number of aliphatic hydroxyl groups is 1. The number of nitrogens with one attached hydrogen (secondary N) is 1. The molecule has 2 N–H and O–H groups in total. The molecule has 0 amide bonds. The lowest BCUT2D eigenvalue weighted by Gasteiger charge is -2.07. The molecule has 0 radical (unpaired) electrons. The first-order valence-electron chi connectivity index (χ1n) is 5.94. The predicted octanol–water partition coefficient (Wildman–Crippen LogP) is 1.70. The molecule has 0 aliphatic heterocycles. The Balaban J connectivity index is 1.60. The van der Waals surface area contributed by atoms with Crippen molar-refractivity contribution in [2.24, 2.45) is 0 Å². The van der Waals surface area contributed by atoms with Gasteiger partial charge in [0.05, 0.1) is 13.2 Å². The molecule has 1 saturated carbocycles. The van der Waals surface area contributed by atoms with Crippen LogP contribution in [0.4, 0.5) is 0 Å². The van der Waals surface area contributed by atoms with E-state index in [-0.39, 0.29) is 6.61 Å². The van der Waals surface area contributed by atoms with Crippen LogP contribution in [0.25, 0.3) is 0 Å². The number of benzene rings is 1. The Labute approximate surface area is 96.4 Å². The van der Waals surface area contributed by atoms with Crippen LogP contribution in [0.15, 0.2) is 24.3 Å². The van der Waals surface area contributed by atoms with Crippen LogP contribution >= 0.6 is 0 Å². The highest BCUT2D eigenvalue weighted by atomic mass is 16.5. The van der Waals surface area contributed by atoms with Gasteiger partial charge >= 0.3 is 0 Å². The third-order valence-electron chi connectivity index (χ3n) is 2.71. The van der Waals surface area contributed by atoms with Gasteiger partial charge in [-0.2, -0.15) is 0 Å². The summed E-state index contributed by atoms with van der Waals surface area (Å²) in [5, 5.41) is 12.3. The first-order chi connectivity index (χ1) is 7.88. The summed E-state index contributed by atoms with van der Waals surface area (Å²) in [6.45, 7) is 1.88. The monoisotopic (exact) mass is 221 g/mol. The van der Waals surface area contributed by atoms with Crippen LogP contribution in [0.5, 0.6) is 5.75 Å². The molecule has 0 aromatic heterocycles. The predicted molar refractivity (Wildman–Crippen MR) is 63.5 cm³/mol. The molecule has 0 heterocycles. The molecular formula is C13H19NO2. The van der Waals surface area contributed by atoms with Gasteiger partial charge in [0.1, 0.15) is 5.75 Å². The zero-order valence-corrected chi connectivity index (χ0v) is 9.48. The maximum atomic E-state index is 8.88. The smallest absolute Gasteiger partial charge is 0.119 e. The van der Waals surface area contributed by atoms with Crippen molar-refractivity contribution in [3.05, 3.63) is 29.8 Å². The van der Waals surface area contributed by atoms with Crippen molar-refractivity contribution in [2.75, 3.05) is 13.2 Å². The van der Waals surface area contributed by atoms with Crippen molar-refractivity contribution in [1.29, 1.82) is 0 Å². The Morgan fingerprint density at radius 1 is 1.25 bits per heavy atom. The van der Waals surface area contributed by atoms with Gasteiger partial charge in [0.15, 0.2) is 0 Å². The third-order valence-corrected chi connectivity index (χ3v) is 2.71. The zero-order chi connectivity index (χ0) is 11.2. The molecule has 16 heavy (non-hydrogen) atoms. The molecule has 1 aromatic carbocycles. The van der Waals surface area contributed by atoms with Gasteiger partial charge in [-0.1, -0.05) is 12.1 Å². The molecule has 2 rings (SSSR count). The van der Waals surface area contributed by atoms with Crippen molar-refractivity contribution in [1.82, 2.24) is 5.32 Å². The number of ether oxygens (including phenoxy) is 1. The second kappa shape index (κ2) is 5.87. The average molecular weight is 221 g/mol. The minimum atomic E-state index is 0.0889. The molecule has 0 saturated heterocycles. The summed E-state index contributed by atoms with van der Waals surface area (Å²) in [5.41, 5.74) is 0.919. The fourth-order valence-electron chi connectivity index (χ4n) is 1.55. The summed E-state index contributed by atoms with van der Waals surface area (Å²) in [7, 11) is 0. The summed E-state index contributed by atoms with van der Waals surface area (Å²) < 4.78 is 5.59. The standard InChI is InChI=1S/C13H19NO2/c15-10-11-2-6-13(7-3-11)16-9-1-8-14-12-4-5-12/h2-3,6-7,12,14-15H,1,4-5,8-10H2. The van der Waals surface area contributed by atoms with Gasteiger partial charge in [0.25, 0.3) is 0 Å². The molecule has 1 aromatic rings. The number of hydrogen-bond donors (Lipinski definition) is 2. The Bertz CT molecular complexity index is 306. The van der Waals surface area contributed by atoms with Gasteiger partial charge in [0.2, 0.25) is 0 Å². The maximum Gasteiger partial charge on any atom is 0.119 e. The Morgan fingerprint density at radius 3 is 2.62 bits per heavy atom. The van der Waals surface area contributed by atoms with Crippen LogP contribution in [-0.4, -0.2) is 24.3 Å². The van der Waals surface area contributed by atoms with E-state index in [1.54, 1.807) is 0 Å². The molecule has 3 nitrogen and oxygen atoms in total. The molecule has 0 spiro atoms. The van der Waals surface area contributed by atoms with Gasteiger partial charge in [-0.3, -0.25) is 0 Å².